The second-order valence-electron chi connectivity index (χ2n) is 12.0. The van der Waals surface area contributed by atoms with Gasteiger partial charge in [0.25, 0.3) is 0 Å². The Kier molecular flexibility index (Phi) is 9.38. The second-order valence-corrected chi connectivity index (χ2v) is 12.4. The summed E-state index contributed by atoms with van der Waals surface area (Å²) in [5.74, 6) is -0.839. The van der Waals surface area contributed by atoms with E-state index in [0.29, 0.717) is 58.6 Å². The summed E-state index contributed by atoms with van der Waals surface area (Å²) in [4.78, 5) is 41.5. The minimum atomic E-state index is -0.866. The number of phenolic OH excluding ortho intramolecular Hbond substituents is 1. The first kappa shape index (κ1) is 31.9. The highest BCUT2D eigenvalue weighted by molar-refractivity contribution is 6.32. The number of hydrogen-bond acceptors (Lipinski definition) is 9. The predicted molar refractivity (Wildman–Crippen MR) is 173 cm³/mol. The van der Waals surface area contributed by atoms with Gasteiger partial charge in [0.15, 0.2) is 17.3 Å². The molecule has 1 fully saturated rings. The van der Waals surface area contributed by atoms with Gasteiger partial charge >= 0.3 is 6.09 Å². The van der Waals surface area contributed by atoms with Crippen LogP contribution >= 0.6 is 11.6 Å². The molecule has 3 N–H and O–H groups in total. The Labute approximate surface area is 266 Å². The molecule has 1 aromatic carbocycles. The number of pyridine rings is 3. The van der Waals surface area contributed by atoms with E-state index in [1.54, 1.807) is 18.3 Å². The molecule has 45 heavy (non-hydrogen) atoms. The smallest absolute Gasteiger partial charge is 0.407 e. The van der Waals surface area contributed by atoms with Crippen molar-refractivity contribution in [2.75, 3.05) is 23.3 Å². The van der Waals surface area contributed by atoms with Gasteiger partial charge in [0.1, 0.15) is 16.9 Å². The zero-order chi connectivity index (χ0) is 32.3. The number of carbonyl (C=O) groups excluding carboxylic acids is 2. The molecule has 4 aromatic rings. The molecule has 1 aliphatic heterocycles. The number of benzene rings is 1. The lowest BCUT2D eigenvalue weighted by Gasteiger charge is -2.34. The van der Waals surface area contributed by atoms with Crippen molar-refractivity contribution < 1.29 is 23.8 Å². The van der Waals surface area contributed by atoms with Gasteiger partial charge in [0, 0.05) is 37.3 Å². The summed E-state index contributed by atoms with van der Waals surface area (Å²) < 4.78 is 19.7. The van der Waals surface area contributed by atoms with Gasteiger partial charge in [-0.05, 0) is 76.4 Å². The van der Waals surface area contributed by atoms with Crippen molar-refractivity contribution in [2.45, 2.75) is 65.0 Å². The number of anilines is 3. The number of fused-ring (bicyclic) bond motifs is 1. The van der Waals surface area contributed by atoms with Crippen molar-refractivity contribution in [2.24, 2.45) is 0 Å². The Morgan fingerprint density at radius 3 is 2.64 bits per heavy atom. The average Bonchev–Trinajstić information content (AvgIpc) is 2.99. The lowest BCUT2D eigenvalue weighted by atomic mass is 10.0. The van der Waals surface area contributed by atoms with Crippen LogP contribution in [0.15, 0.2) is 48.8 Å². The van der Waals surface area contributed by atoms with E-state index >= 15 is 0 Å². The van der Waals surface area contributed by atoms with Crippen LogP contribution in [0.2, 0.25) is 5.02 Å². The molecule has 0 bridgehead atoms. The van der Waals surface area contributed by atoms with Gasteiger partial charge in [-0.1, -0.05) is 18.5 Å². The number of phenols is 1. The van der Waals surface area contributed by atoms with Crippen LogP contribution in [0.1, 0.15) is 63.7 Å². The van der Waals surface area contributed by atoms with E-state index in [9.17, 15) is 19.1 Å². The van der Waals surface area contributed by atoms with Crippen molar-refractivity contribution in [3.8, 4) is 17.0 Å². The number of carbonyl (C=O) groups is 2. The monoisotopic (exact) mass is 634 g/mol. The van der Waals surface area contributed by atoms with Crippen molar-refractivity contribution in [3.05, 3.63) is 65.2 Å². The number of amides is 1. The number of nitrogens with one attached hydrogen (secondary N) is 2. The molecule has 236 valence electrons. The summed E-state index contributed by atoms with van der Waals surface area (Å²) in [5, 5.41) is 15.9. The number of hydrogen-bond donors (Lipinski definition) is 3. The quantitative estimate of drug-likeness (QED) is 0.170. The van der Waals surface area contributed by atoms with Gasteiger partial charge in [0.05, 0.1) is 39.4 Å². The minimum Gasteiger partial charge on any atom is -0.504 e. The number of piperidine rings is 1. The van der Waals surface area contributed by atoms with Crippen LogP contribution in [0.5, 0.6) is 5.75 Å². The molecule has 4 heterocycles. The summed E-state index contributed by atoms with van der Waals surface area (Å²) in [5.41, 5.74) is 2.58. The number of aromatic hydroxyl groups is 1. The fourth-order valence-electron chi connectivity index (χ4n) is 5.21. The molecule has 1 aliphatic rings. The van der Waals surface area contributed by atoms with E-state index < -0.39 is 23.3 Å². The Hall–Kier alpha value is -4.51. The van der Waals surface area contributed by atoms with Gasteiger partial charge in [0.2, 0.25) is 0 Å². The summed E-state index contributed by atoms with van der Waals surface area (Å²) in [6.07, 6.45) is 5.49. The molecule has 0 aliphatic carbocycles. The molecule has 1 amide bonds. The fraction of sp³-hybridized carbons (Fsp3) is 0.364. The number of ether oxygens (including phenoxy) is 1. The van der Waals surface area contributed by atoms with Gasteiger partial charge in [-0.2, -0.15) is 0 Å². The number of rotatable bonds is 8. The van der Waals surface area contributed by atoms with Crippen LogP contribution in [0, 0.1) is 5.82 Å². The van der Waals surface area contributed by atoms with Crippen LogP contribution in [-0.4, -0.2) is 56.7 Å². The highest BCUT2D eigenvalue weighted by Gasteiger charge is 2.25. The van der Waals surface area contributed by atoms with Crippen molar-refractivity contribution in [1.82, 2.24) is 20.3 Å². The molecule has 10 nitrogen and oxygen atoms in total. The second kappa shape index (κ2) is 13.2. The molecule has 0 saturated carbocycles. The van der Waals surface area contributed by atoms with Crippen LogP contribution in [-0.2, 0) is 4.74 Å². The van der Waals surface area contributed by atoms with Gasteiger partial charge in [-0.15, -0.1) is 0 Å². The summed E-state index contributed by atoms with van der Waals surface area (Å²) in [6.45, 7) is 8.81. The first-order chi connectivity index (χ1) is 21.4. The van der Waals surface area contributed by atoms with E-state index in [4.69, 9.17) is 21.3 Å². The molecule has 12 heteroatoms. The Bertz CT molecular complexity index is 1700. The van der Waals surface area contributed by atoms with Crippen molar-refractivity contribution >= 4 is 51.7 Å². The van der Waals surface area contributed by atoms with Gasteiger partial charge in [-0.25, -0.2) is 19.2 Å². The third-order valence-electron chi connectivity index (χ3n) is 7.29. The van der Waals surface area contributed by atoms with Crippen molar-refractivity contribution in [3.63, 3.8) is 0 Å². The van der Waals surface area contributed by atoms with Crippen LogP contribution in [0.25, 0.3) is 22.3 Å². The van der Waals surface area contributed by atoms with Crippen LogP contribution < -0.4 is 15.5 Å². The molecule has 0 radical (unpaired) electrons. The molecule has 5 rings (SSSR count). The highest BCUT2D eigenvalue weighted by Crippen LogP contribution is 2.35. The Morgan fingerprint density at radius 1 is 1.16 bits per heavy atom. The molecule has 1 unspecified atom stereocenters. The van der Waals surface area contributed by atoms with Crippen molar-refractivity contribution in [1.29, 1.82) is 0 Å². The highest BCUT2D eigenvalue weighted by atomic mass is 35.5. The molecule has 1 atom stereocenters. The third-order valence-corrected chi connectivity index (χ3v) is 7.57. The molecular weight excluding hydrogens is 599 g/mol. The summed E-state index contributed by atoms with van der Waals surface area (Å²) in [7, 11) is 0. The van der Waals surface area contributed by atoms with E-state index in [1.807, 2.05) is 39.8 Å². The minimum absolute atomic E-state index is 0.0688. The van der Waals surface area contributed by atoms with E-state index in [-0.39, 0.29) is 16.8 Å². The van der Waals surface area contributed by atoms with Gasteiger partial charge < -0.3 is 25.4 Å². The third kappa shape index (κ3) is 7.59. The predicted octanol–water partition coefficient (Wildman–Crippen LogP) is 7.41. The zero-order valence-electron chi connectivity index (χ0n) is 25.7. The summed E-state index contributed by atoms with van der Waals surface area (Å²) >= 11 is 6.03. The van der Waals surface area contributed by atoms with E-state index in [0.717, 1.165) is 31.3 Å². The fourth-order valence-corrected chi connectivity index (χ4v) is 5.42. The first-order valence-corrected chi connectivity index (χ1v) is 15.3. The molecular formula is C33H36ClFN6O4. The largest absolute Gasteiger partial charge is 0.504 e. The van der Waals surface area contributed by atoms with Gasteiger partial charge in [-0.3, -0.25) is 9.78 Å². The standard InChI is InChI=1S/C33H36ClFN6O4/c1-5-7-27(42)22-17-36-26-11-10-25(19-14-23(34)31(43)24(35)15-19)40-30(26)29(22)38-20-9-12-28(37-16-20)41-13-6-8-21(18-41)39-32(44)45-33(2,3)4/h9-12,14-17,21,43H,5-8,13,18H2,1-4H3,(H,36,38)(H,39,44). The summed E-state index contributed by atoms with van der Waals surface area (Å²) in [6, 6.07) is 9.67. The van der Waals surface area contributed by atoms with Crippen LogP contribution in [0.4, 0.5) is 26.4 Å². The maximum atomic E-state index is 14.3. The SMILES string of the molecule is CCCC(=O)c1cnc2ccc(-c3cc(F)c(O)c(Cl)c3)nc2c1Nc1ccc(N2CCCC(NC(=O)OC(C)(C)C)C2)nc1. The number of halogens is 2. The average molecular weight is 635 g/mol. The first-order valence-electron chi connectivity index (χ1n) is 14.9. The number of Topliss-reactive ketones (excluding diaryl/α,β-unsaturated/α-hetero) is 1. The normalized spacial score (nSPS) is 15.2. The van der Waals surface area contributed by atoms with E-state index in [2.05, 4.69) is 25.5 Å². The maximum Gasteiger partial charge on any atom is 0.407 e. The Morgan fingerprint density at radius 2 is 1.96 bits per heavy atom. The number of aromatic nitrogens is 3. The lowest BCUT2D eigenvalue weighted by molar-refractivity contribution is 0.0499. The molecule has 3 aromatic heterocycles. The zero-order valence-corrected chi connectivity index (χ0v) is 26.4. The molecule has 1 saturated heterocycles. The lowest BCUT2D eigenvalue weighted by Crippen LogP contribution is -2.49. The number of ketones is 1. The topological polar surface area (TPSA) is 130 Å². The van der Waals surface area contributed by atoms with Crippen LogP contribution in [0.3, 0.4) is 0 Å². The molecule has 0 spiro atoms. The maximum absolute atomic E-state index is 14.3. The van der Waals surface area contributed by atoms with E-state index in [1.165, 1.54) is 12.3 Å². The number of alkyl carbamates (subject to hydrolysis) is 1. The number of nitrogens with zero attached hydrogens (tertiary/aromatic N) is 4. The Balaban J connectivity index is 1.42.